The van der Waals surface area contributed by atoms with Crippen molar-refractivity contribution in [1.29, 1.82) is 0 Å². The highest BCUT2D eigenvalue weighted by atomic mass is 14.9. The van der Waals surface area contributed by atoms with Crippen molar-refractivity contribution in [3.8, 4) is 0 Å². The second-order valence-electron chi connectivity index (χ2n) is 4.61. The minimum Gasteiger partial charge on any atom is -0.208 e. The Morgan fingerprint density at radius 3 is 1.71 bits per heavy atom. The summed E-state index contributed by atoms with van der Waals surface area (Å²) in [6.07, 6.45) is 12.0. The van der Waals surface area contributed by atoms with Crippen LogP contribution in [0.1, 0.15) is 17.5 Å². The van der Waals surface area contributed by atoms with E-state index < -0.39 is 0 Å². The fraction of sp³-hybridized carbons (Fsp3) is 0.333. The lowest BCUT2D eigenvalue weighted by molar-refractivity contribution is -0.671. The Bertz CT molecular complexity index is 446. The van der Waals surface area contributed by atoms with Gasteiger partial charge in [-0.25, -0.2) is 9.13 Å². The summed E-state index contributed by atoms with van der Waals surface area (Å²) in [4.78, 5) is 0. The number of rotatable bonds is 4. The minimum atomic E-state index is 1.15. The van der Waals surface area contributed by atoms with E-state index >= 15 is 0 Å². The molecule has 2 rings (SSSR count). The van der Waals surface area contributed by atoms with Crippen LogP contribution in [0, 0.1) is 0 Å². The average molecular weight is 228 g/mol. The van der Waals surface area contributed by atoms with Crippen LogP contribution in [0.25, 0.3) is 0 Å². The van der Waals surface area contributed by atoms with Crippen LogP contribution in [-0.2, 0) is 26.9 Å². The monoisotopic (exact) mass is 228 g/mol. The maximum Gasteiger partial charge on any atom is 0.171 e. The first-order chi connectivity index (χ1) is 8.24. The summed E-state index contributed by atoms with van der Waals surface area (Å²) in [6.45, 7) is 0. The van der Waals surface area contributed by atoms with Gasteiger partial charge < -0.3 is 0 Å². The van der Waals surface area contributed by atoms with Gasteiger partial charge in [-0.3, -0.25) is 0 Å². The van der Waals surface area contributed by atoms with E-state index in [0.29, 0.717) is 0 Å². The normalized spacial score (nSPS) is 10.5. The van der Waals surface area contributed by atoms with E-state index in [9.17, 15) is 0 Å². The largest absolute Gasteiger partial charge is 0.208 e. The Hall–Kier alpha value is -1.70. The fourth-order valence-corrected chi connectivity index (χ4v) is 2.09. The molecular weight excluding hydrogens is 208 g/mol. The first kappa shape index (κ1) is 11.8. The molecule has 0 aliphatic rings. The van der Waals surface area contributed by atoms with Gasteiger partial charge >= 0.3 is 0 Å². The van der Waals surface area contributed by atoms with Gasteiger partial charge in [-0.2, -0.15) is 0 Å². The smallest absolute Gasteiger partial charge is 0.171 e. The lowest BCUT2D eigenvalue weighted by Crippen LogP contribution is -2.27. The summed E-state index contributed by atoms with van der Waals surface area (Å²) in [5.41, 5.74) is 2.82. The molecule has 0 aromatic carbocycles. The second-order valence-corrected chi connectivity index (χ2v) is 4.61. The molecule has 2 heterocycles. The molecule has 2 heteroatoms. The lowest BCUT2D eigenvalue weighted by atomic mass is 10.1. The third-order valence-electron chi connectivity index (χ3n) is 2.93. The van der Waals surface area contributed by atoms with Crippen LogP contribution in [0.2, 0.25) is 0 Å². The highest BCUT2D eigenvalue weighted by molar-refractivity contribution is 5.08. The Morgan fingerprint density at radius 1 is 0.824 bits per heavy atom. The summed E-state index contributed by atoms with van der Waals surface area (Å²) < 4.78 is 4.22. The number of hydrogen-bond donors (Lipinski definition) is 0. The average Bonchev–Trinajstić information content (AvgIpc) is 2.29. The van der Waals surface area contributed by atoms with E-state index in [0.717, 1.165) is 12.8 Å². The predicted molar refractivity (Wildman–Crippen MR) is 67.3 cm³/mol. The summed E-state index contributed by atoms with van der Waals surface area (Å²) in [6, 6.07) is 8.62. The van der Waals surface area contributed by atoms with E-state index in [1.165, 1.54) is 17.5 Å². The lowest BCUT2D eigenvalue weighted by Gasteiger charge is -2.00. The van der Waals surface area contributed by atoms with Gasteiger partial charge in [0.05, 0.1) is 0 Å². The third-order valence-corrected chi connectivity index (χ3v) is 2.93. The van der Waals surface area contributed by atoms with E-state index in [4.69, 9.17) is 0 Å². The molecule has 0 bridgehead atoms. The SMILES string of the molecule is C[n+]1cccc(CCCc2ccc[n+](C)c2)c1. The van der Waals surface area contributed by atoms with Gasteiger partial charge in [0.1, 0.15) is 14.1 Å². The predicted octanol–water partition coefficient (Wildman–Crippen LogP) is 1.51. The van der Waals surface area contributed by atoms with Gasteiger partial charge in [0.25, 0.3) is 0 Å². The summed E-state index contributed by atoms with van der Waals surface area (Å²) in [5.74, 6) is 0. The summed E-state index contributed by atoms with van der Waals surface area (Å²) in [5, 5.41) is 0. The van der Waals surface area contributed by atoms with Gasteiger partial charge in [0, 0.05) is 23.3 Å². The van der Waals surface area contributed by atoms with Crippen molar-refractivity contribution >= 4 is 0 Å². The van der Waals surface area contributed by atoms with Crippen molar-refractivity contribution in [2.75, 3.05) is 0 Å². The van der Waals surface area contributed by atoms with E-state index in [1.54, 1.807) is 0 Å². The van der Waals surface area contributed by atoms with Crippen LogP contribution >= 0.6 is 0 Å². The molecule has 0 spiro atoms. The van der Waals surface area contributed by atoms with Crippen LogP contribution in [0.15, 0.2) is 49.1 Å². The van der Waals surface area contributed by atoms with Crippen LogP contribution in [-0.4, -0.2) is 0 Å². The molecule has 0 saturated carbocycles. The van der Waals surface area contributed by atoms with Crippen molar-refractivity contribution in [2.24, 2.45) is 14.1 Å². The maximum absolute atomic E-state index is 2.20. The molecule has 0 amide bonds. The van der Waals surface area contributed by atoms with Gasteiger partial charge in [0.15, 0.2) is 24.8 Å². The maximum atomic E-state index is 2.20. The Morgan fingerprint density at radius 2 is 1.29 bits per heavy atom. The molecule has 2 nitrogen and oxygen atoms in total. The molecule has 2 aromatic heterocycles. The standard InChI is InChI=1S/C15H20N2/c1-16-10-4-8-14(12-16)6-3-7-15-9-5-11-17(2)13-15/h4-5,8-13H,3,6-7H2,1-2H3/q+2. The van der Waals surface area contributed by atoms with Crippen LogP contribution in [0.5, 0.6) is 0 Å². The molecule has 0 atom stereocenters. The van der Waals surface area contributed by atoms with E-state index in [-0.39, 0.29) is 0 Å². The van der Waals surface area contributed by atoms with Crippen molar-refractivity contribution in [3.63, 3.8) is 0 Å². The number of hydrogen-bond acceptors (Lipinski definition) is 0. The molecule has 0 saturated heterocycles. The molecule has 17 heavy (non-hydrogen) atoms. The minimum absolute atomic E-state index is 1.15. The zero-order valence-corrected chi connectivity index (χ0v) is 10.6. The van der Waals surface area contributed by atoms with Gasteiger partial charge in [-0.05, 0) is 31.4 Å². The van der Waals surface area contributed by atoms with E-state index in [1.807, 2.05) is 0 Å². The van der Waals surface area contributed by atoms with Gasteiger partial charge in [0.2, 0.25) is 0 Å². The van der Waals surface area contributed by atoms with Gasteiger partial charge in [-0.15, -0.1) is 0 Å². The zero-order chi connectivity index (χ0) is 12.1. The molecule has 0 radical (unpaired) electrons. The summed E-state index contributed by atoms with van der Waals surface area (Å²) >= 11 is 0. The Kier molecular flexibility index (Phi) is 3.86. The molecule has 0 fully saturated rings. The number of pyridine rings is 2. The third kappa shape index (κ3) is 3.66. The molecule has 0 N–H and O–H groups in total. The second kappa shape index (κ2) is 5.58. The molecule has 0 aliphatic carbocycles. The van der Waals surface area contributed by atoms with Crippen molar-refractivity contribution in [2.45, 2.75) is 19.3 Å². The summed E-state index contributed by atoms with van der Waals surface area (Å²) in [7, 11) is 4.14. The first-order valence-electron chi connectivity index (χ1n) is 6.12. The quantitative estimate of drug-likeness (QED) is 0.701. The van der Waals surface area contributed by atoms with Gasteiger partial charge in [-0.1, -0.05) is 0 Å². The molecule has 88 valence electrons. The molecular formula is C15H20N2+2. The Balaban J connectivity index is 1.87. The number of nitrogens with zero attached hydrogens (tertiary/aromatic N) is 2. The highest BCUT2D eigenvalue weighted by Crippen LogP contribution is 2.05. The molecule has 0 unspecified atom stereocenters. The van der Waals surface area contributed by atoms with E-state index in [2.05, 4.69) is 72.3 Å². The van der Waals surface area contributed by atoms with Crippen molar-refractivity contribution < 1.29 is 9.13 Å². The Labute approximate surface area is 103 Å². The fourth-order valence-electron chi connectivity index (χ4n) is 2.09. The highest BCUT2D eigenvalue weighted by Gasteiger charge is 2.01. The van der Waals surface area contributed by atoms with Crippen LogP contribution < -0.4 is 9.13 Å². The molecule has 0 aliphatic heterocycles. The van der Waals surface area contributed by atoms with Crippen molar-refractivity contribution in [1.82, 2.24) is 0 Å². The van der Waals surface area contributed by atoms with Crippen molar-refractivity contribution in [3.05, 3.63) is 60.2 Å². The first-order valence-corrected chi connectivity index (χ1v) is 6.12. The van der Waals surface area contributed by atoms with Crippen LogP contribution in [0.3, 0.4) is 0 Å². The number of aromatic nitrogens is 2. The molecule has 2 aromatic rings. The topological polar surface area (TPSA) is 7.76 Å². The van der Waals surface area contributed by atoms with Crippen LogP contribution in [0.4, 0.5) is 0 Å². The number of aryl methyl sites for hydroxylation is 4. The zero-order valence-electron chi connectivity index (χ0n) is 10.6.